The Balaban J connectivity index is 1.80. The average molecular weight is 399 g/mol. The minimum absolute atomic E-state index is 0.212. The lowest BCUT2D eigenvalue weighted by Crippen LogP contribution is -2.37. The number of aryl methyl sites for hydroxylation is 1. The quantitative estimate of drug-likeness (QED) is 0.431. The van der Waals surface area contributed by atoms with Crippen molar-refractivity contribution in [2.24, 2.45) is 5.73 Å². The molecule has 9 heteroatoms. The number of hydrogen-bond acceptors (Lipinski definition) is 5. The summed E-state index contributed by atoms with van der Waals surface area (Å²) in [5.41, 5.74) is 7.06. The molecule has 144 valence electrons. The van der Waals surface area contributed by atoms with E-state index in [2.05, 4.69) is 10.6 Å². The fraction of sp³-hybridized carbons (Fsp3) is 0.158. The van der Waals surface area contributed by atoms with Gasteiger partial charge in [-0.05, 0) is 47.7 Å². The molecule has 0 aliphatic heterocycles. The fourth-order valence-electron chi connectivity index (χ4n) is 2.49. The van der Waals surface area contributed by atoms with Gasteiger partial charge in [0.25, 0.3) is 5.91 Å². The summed E-state index contributed by atoms with van der Waals surface area (Å²) >= 11 is 1.04. The van der Waals surface area contributed by atoms with Gasteiger partial charge in [-0.1, -0.05) is 29.8 Å². The molecule has 2 amide bonds. The van der Waals surface area contributed by atoms with Crippen molar-refractivity contribution < 1.29 is 18.8 Å². The normalized spacial score (nSPS) is 11.8. The van der Waals surface area contributed by atoms with Crippen LogP contribution in [0.25, 0.3) is 5.69 Å². The molecule has 8 nitrogen and oxygen atoms in total. The molecular weight excluding hydrogens is 380 g/mol. The average Bonchev–Trinajstić information content (AvgIpc) is 3.03. The highest BCUT2D eigenvalue weighted by molar-refractivity contribution is 8.00. The van der Waals surface area contributed by atoms with Crippen molar-refractivity contribution in [1.29, 1.82) is 0 Å². The lowest BCUT2D eigenvalue weighted by atomic mass is 10.1. The zero-order valence-corrected chi connectivity index (χ0v) is 16.1. The molecular formula is C19H19N4O4S+. The van der Waals surface area contributed by atoms with Crippen molar-refractivity contribution in [3.8, 4) is 5.69 Å². The Morgan fingerprint density at radius 3 is 2.54 bits per heavy atom. The number of nitrogens with zero attached hydrogens (tertiary/aromatic N) is 1. The molecule has 0 aliphatic rings. The summed E-state index contributed by atoms with van der Waals surface area (Å²) in [6.45, 7) is 3.61. The monoisotopic (exact) mass is 399 g/mol. The molecule has 2 aromatic carbocycles. The molecule has 4 N–H and O–H groups in total. The summed E-state index contributed by atoms with van der Waals surface area (Å²) in [4.78, 5) is 36.2. The number of amides is 2. The van der Waals surface area contributed by atoms with E-state index in [1.165, 1.54) is 10.7 Å². The molecule has 1 heterocycles. The molecule has 1 unspecified atom stereocenters. The van der Waals surface area contributed by atoms with Crippen LogP contribution in [0, 0.1) is 6.92 Å². The van der Waals surface area contributed by atoms with Gasteiger partial charge in [-0.3, -0.25) is 14.1 Å². The van der Waals surface area contributed by atoms with Gasteiger partial charge in [-0.15, -0.1) is 0 Å². The van der Waals surface area contributed by atoms with Crippen molar-refractivity contribution in [3.63, 3.8) is 0 Å². The van der Waals surface area contributed by atoms with E-state index in [9.17, 15) is 14.4 Å². The summed E-state index contributed by atoms with van der Waals surface area (Å²) < 4.78 is 6.38. The van der Waals surface area contributed by atoms with E-state index >= 15 is 0 Å². The van der Waals surface area contributed by atoms with Crippen molar-refractivity contribution in [1.82, 2.24) is 5.27 Å². The number of carbonyl (C=O) groups excluding carboxylic acids is 2. The highest BCUT2D eigenvalue weighted by atomic mass is 32.2. The molecule has 3 rings (SSSR count). The number of nitrogens with one attached hydrogen (secondary N) is 2. The highest BCUT2D eigenvalue weighted by Crippen LogP contribution is 2.21. The van der Waals surface area contributed by atoms with E-state index in [-0.39, 0.29) is 16.5 Å². The van der Waals surface area contributed by atoms with Crippen LogP contribution in [0.3, 0.4) is 0 Å². The van der Waals surface area contributed by atoms with Gasteiger partial charge in [-0.2, -0.15) is 0 Å². The van der Waals surface area contributed by atoms with Gasteiger partial charge in [0.15, 0.2) is 0 Å². The number of primary amides is 1. The van der Waals surface area contributed by atoms with Gasteiger partial charge in [-0.25, -0.2) is 4.79 Å². The first kappa shape index (κ1) is 19.4. The lowest BCUT2D eigenvalue weighted by molar-refractivity contribution is -0.704. The number of anilines is 1. The Hall–Kier alpha value is -3.33. The van der Waals surface area contributed by atoms with Crippen LogP contribution in [0.4, 0.5) is 5.69 Å². The Bertz CT molecular complexity index is 1070. The van der Waals surface area contributed by atoms with Crippen molar-refractivity contribution in [2.75, 3.05) is 5.32 Å². The van der Waals surface area contributed by atoms with Gasteiger partial charge in [0, 0.05) is 12.1 Å². The summed E-state index contributed by atoms with van der Waals surface area (Å²) in [6.07, 6.45) is 0. The maximum Gasteiger partial charge on any atom is 0.442 e. The zero-order chi connectivity index (χ0) is 20.3. The van der Waals surface area contributed by atoms with Gasteiger partial charge < -0.3 is 11.1 Å². The predicted octanol–water partition coefficient (Wildman–Crippen LogP) is 1.77. The van der Waals surface area contributed by atoms with E-state index in [1.807, 2.05) is 31.2 Å². The summed E-state index contributed by atoms with van der Waals surface area (Å²) in [7, 11) is 0. The van der Waals surface area contributed by atoms with Crippen molar-refractivity contribution >= 4 is 29.3 Å². The lowest BCUT2D eigenvalue weighted by Gasteiger charge is -2.11. The number of H-pyrrole nitrogens is 1. The third kappa shape index (κ3) is 4.15. The first-order valence-electron chi connectivity index (χ1n) is 8.43. The van der Waals surface area contributed by atoms with Gasteiger partial charge in [0.05, 0.1) is 16.5 Å². The molecule has 3 aromatic rings. The van der Waals surface area contributed by atoms with Gasteiger partial charge >= 0.3 is 10.7 Å². The second kappa shape index (κ2) is 8.13. The number of aromatic nitrogens is 2. The first-order valence-corrected chi connectivity index (χ1v) is 9.31. The Morgan fingerprint density at radius 2 is 1.86 bits per heavy atom. The van der Waals surface area contributed by atoms with Crippen LogP contribution in [0.5, 0.6) is 0 Å². The van der Waals surface area contributed by atoms with Crippen molar-refractivity contribution in [2.45, 2.75) is 24.1 Å². The molecule has 0 saturated carbocycles. The highest BCUT2D eigenvalue weighted by Gasteiger charge is 2.29. The number of aromatic amines is 1. The predicted molar refractivity (Wildman–Crippen MR) is 105 cm³/mol. The Labute approximate surface area is 164 Å². The smallest absolute Gasteiger partial charge is 0.366 e. The standard InChI is InChI=1S/C19H18N4O4S/c1-11-7-9-13(10-8-11)23-18(19(26)27-22-23)28-12(2)17(25)21-15-6-4-3-5-14(15)16(20)24/h3-10,12H,1-2H3,(H3-,20,21,22,24,25,26)/p+1. The summed E-state index contributed by atoms with van der Waals surface area (Å²) in [5.74, 6) is -1.02. The van der Waals surface area contributed by atoms with Gasteiger partial charge in [0.1, 0.15) is 0 Å². The third-order valence-electron chi connectivity index (χ3n) is 4.01. The van der Waals surface area contributed by atoms with Crippen LogP contribution in [0.15, 0.2) is 62.9 Å². The van der Waals surface area contributed by atoms with Crippen LogP contribution in [-0.4, -0.2) is 22.3 Å². The number of carbonyl (C=O) groups is 2. The van der Waals surface area contributed by atoms with Crippen LogP contribution in [-0.2, 0) is 4.79 Å². The number of thioether (sulfide) groups is 1. The summed E-state index contributed by atoms with van der Waals surface area (Å²) in [5, 5.41) is 4.81. The maximum atomic E-state index is 12.6. The molecule has 0 fully saturated rings. The van der Waals surface area contributed by atoms with Crippen LogP contribution >= 0.6 is 11.8 Å². The number of rotatable bonds is 6. The maximum absolute atomic E-state index is 12.6. The van der Waals surface area contributed by atoms with Crippen molar-refractivity contribution in [3.05, 3.63) is 70.1 Å². The van der Waals surface area contributed by atoms with Crippen LogP contribution < -0.4 is 21.4 Å². The van der Waals surface area contributed by atoms with E-state index in [4.69, 9.17) is 10.3 Å². The van der Waals surface area contributed by atoms with E-state index in [1.54, 1.807) is 25.1 Å². The van der Waals surface area contributed by atoms with E-state index in [0.717, 1.165) is 17.3 Å². The first-order chi connectivity index (χ1) is 13.4. The second-order valence-electron chi connectivity index (χ2n) is 6.12. The topological polar surface area (TPSA) is 122 Å². The molecule has 0 bridgehead atoms. The minimum Gasteiger partial charge on any atom is -0.366 e. The molecule has 1 atom stereocenters. The minimum atomic E-state index is -0.642. The fourth-order valence-corrected chi connectivity index (χ4v) is 3.38. The SMILES string of the molecule is Cc1ccc(-[n+]2[nH]oc(=O)c2SC(C)C(=O)Nc2ccccc2C(N)=O)cc1. The van der Waals surface area contributed by atoms with E-state index in [0.29, 0.717) is 11.4 Å². The summed E-state index contributed by atoms with van der Waals surface area (Å²) in [6, 6.07) is 13.9. The number of benzene rings is 2. The molecule has 1 aromatic heterocycles. The number of hydrogen-bond donors (Lipinski definition) is 3. The largest absolute Gasteiger partial charge is 0.442 e. The van der Waals surface area contributed by atoms with Crippen LogP contribution in [0.1, 0.15) is 22.8 Å². The molecule has 28 heavy (non-hydrogen) atoms. The van der Waals surface area contributed by atoms with Gasteiger partial charge in [0.2, 0.25) is 11.6 Å². The second-order valence-corrected chi connectivity index (χ2v) is 7.45. The third-order valence-corrected chi connectivity index (χ3v) is 5.15. The Morgan fingerprint density at radius 1 is 1.18 bits per heavy atom. The van der Waals surface area contributed by atoms with Crippen LogP contribution in [0.2, 0.25) is 0 Å². The number of nitrogens with two attached hydrogens (primary N) is 1. The zero-order valence-electron chi connectivity index (χ0n) is 15.3. The van der Waals surface area contributed by atoms with E-state index < -0.39 is 16.8 Å². The Kier molecular flexibility index (Phi) is 5.65. The molecule has 0 spiro atoms. The molecule has 0 radical (unpaired) electrons. The molecule has 0 aliphatic carbocycles. The molecule has 0 saturated heterocycles. The number of para-hydroxylation sites is 1.